The molecule has 0 aliphatic carbocycles. The van der Waals surface area contributed by atoms with Crippen molar-refractivity contribution in [3.8, 4) is 11.8 Å². The number of benzene rings is 2. The summed E-state index contributed by atoms with van der Waals surface area (Å²) >= 11 is 0. The Morgan fingerprint density at radius 2 is 2.04 bits per heavy atom. The van der Waals surface area contributed by atoms with Crippen molar-refractivity contribution >= 4 is 11.6 Å². The van der Waals surface area contributed by atoms with E-state index < -0.39 is 0 Å². The Hall–Kier alpha value is -3.59. The summed E-state index contributed by atoms with van der Waals surface area (Å²) in [5.74, 6) is -0.105. The zero-order valence-corrected chi connectivity index (χ0v) is 14.4. The standard InChI is InChI=1S/C20H19N5O/c1-15(17-4-2-5-19(12-17)25-11-3-10-23-25)24-20(26)14-22-18-8-6-16(13-21)7-9-18/h2-12,15,22H,14H2,1H3,(H,24,26)/t15-/m1/s1. The Labute approximate surface area is 152 Å². The molecule has 3 aromatic rings. The van der Waals surface area contributed by atoms with Crippen LogP contribution in [0.4, 0.5) is 5.69 Å². The second-order valence-electron chi connectivity index (χ2n) is 5.88. The van der Waals surface area contributed by atoms with Gasteiger partial charge >= 0.3 is 0 Å². The molecule has 0 aliphatic rings. The van der Waals surface area contributed by atoms with Crippen LogP contribution in [0.25, 0.3) is 5.69 Å². The van der Waals surface area contributed by atoms with Crippen LogP contribution in [0.2, 0.25) is 0 Å². The zero-order chi connectivity index (χ0) is 18.4. The van der Waals surface area contributed by atoms with Crippen LogP contribution in [0.5, 0.6) is 0 Å². The van der Waals surface area contributed by atoms with Crippen molar-refractivity contribution in [2.75, 3.05) is 11.9 Å². The van der Waals surface area contributed by atoms with Gasteiger partial charge in [0, 0.05) is 18.1 Å². The van der Waals surface area contributed by atoms with Crippen LogP contribution in [0.15, 0.2) is 67.0 Å². The number of nitrogens with one attached hydrogen (secondary N) is 2. The highest BCUT2D eigenvalue weighted by molar-refractivity contribution is 5.81. The van der Waals surface area contributed by atoms with Gasteiger partial charge in [-0.15, -0.1) is 0 Å². The molecule has 0 spiro atoms. The molecule has 26 heavy (non-hydrogen) atoms. The summed E-state index contributed by atoms with van der Waals surface area (Å²) < 4.78 is 1.78. The first kappa shape index (κ1) is 17.2. The fourth-order valence-electron chi connectivity index (χ4n) is 2.58. The van der Waals surface area contributed by atoms with Gasteiger partial charge in [-0.05, 0) is 55.0 Å². The van der Waals surface area contributed by atoms with E-state index in [1.54, 1.807) is 35.1 Å². The maximum Gasteiger partial charge on any atom is 0.239 e. The first-order valence-corrected chi connectivity index (χ1v) is 8.29. The molecule has 1 aromatic heterocycles. The van der Waals surface area contributed by atoms with Gasteiger partial charge in [0.15, 0.2) is 0 Å². The van der Waals surface area contributed by atoms with Crippen molar-refractivity contribution in [2.45, 2.75) is 13.0 Å². The van der Waals surface area contributed by atoms with Crippen molar-refractivity contribution < 1.29 is 4.79 Å². The normalized spacial score (nSPS) is 11.4. The van der Waals surface area contributed by atoms with Gasteiger partial charge in [0.25, 0.3) is 0 Å². The first-order chi connectivity index (χ1) is 12.7. The van der Waals surface area contributed by atoms with Gasteiger partial charge in [-0.25, -0.2) is 4.68 Å². The summed E-state index contributed by atoms with van der Waals surface area (Å²) in [5, 5.41) is 19.0. The Bertz CT molecular complexity index is 910. The molecule has 130 valence electrons. The van der Waals surface area contributed by atoms with Gasteiger partial charge in [-0.2, -0.15) is 10.4 Å². The van der Waals surface area contributed by atoms with Crippen LogP contribution < -0.4 is 10.6 Å². The van der Waals surface area contributed by atoms with E-state index in [2.05, 4.69) is 21.8 Å². The van der Waals surface area contributed by atoms with Gasteiger partial charge < -0.3 is 10.6 Å². The topological polar surface area (TPSA) is 82.7 Å². The van der Waals surface area contributed by atoms with Crippen molar-refractivity contribution in [1.29, 1.82) is 5.26 Å². The maximum absolute atomic E-state index is 12.2. The number of hydrogen-bond acceptors (Lipinski definition) is 4. The maximum atomic E-state index is 12.2. The minimum atomic E-state index is -0.124. The molecule has 0 aliphatic heterocycles. The molecule has 2 N–H and O–H groups in total. The van der Waals surface area contributed by atoms with Crippen molar-refractivity contribution in [3.63, 3.8) is 0 Å². The molecule has 0 radical (unpaired) electrons. The lowest BCUT2D eigenvalue weighted by Crippen LogP contribution is -2.32. The largest absolute Gasteiger partial charge is 0.376 e. The fraction of sp³-hybridized carbons (Fsp3) is 0.150. The lowest BCUT2D eigenvalue weighted by Gasteiger charge is -2.16. The fourth-order valence-corrected chi connectivity index (χ4v) is 2.58. The van der Waals surface area contributed by atoms with E-state index >= 15 is 0 Å². The number of nitrogens with zero attached hydrogens (tertiary/aromatic N) is 3. The van der Waals surface area contributed by atoms with Crippen LogP contribution in [0.1, 0.15) is 24.1 Å². The molecule has 6 heteroatoms. The van der Waals surface area contributed by atoms with E-state index in [1.165, 1.54) is 0 Å². The average molecular weight is 345 g/mol. The predicted molar refractivity (Wildman–Crippen MR) is 99.8 cm³/mol. The smallest absolute Gasteiger partial charge is 0.239 e. The third-order valence-electron chi connectivity index (χ3n) is 3.98. The molecular weight excluding hydrogens is 326 g/mol. The lowest BCUT2D eigenvalue weighted by molar-refractivity contribution is -0.120. The van der Waals surface area contributed by atoms with Crippen LogP contribution in [-0.4, -0.2) is 22.2 Å². The Kier molecular flexibility index (Phi) is 5.30. The Morgan fingerprint density at radius 3 is 2.73 bits per heavy atom. The molecule has 1 amide bonds. The lowest BCUT2D eigenvalue weighted by atomic mass is 10.1. The van der Waals surface area contributed by atoms with E-state index in [0.29, 0.717) is 5.56 Å². The number of carbonyl (C=O) groups is 1. The summed E-state index contributed by atoms with van der Waals surface area (Å²) in [6.07, 6.45) is 3.61. The molecule has 0 unspecified atom stereocenters. The highest BCUT2D eigenvalue weighted by atomic mass is 16.1. The highest BCUT2D eigenvalue weighted by Crippen LogP contribution is 2.16. The number of hydrogen-bond donors (Lipinski definition) is 2. The summed E-state index contributed by atoms with van der Waals surface area (Å²) in [4.78, 5) is 12.2. The summed E-state index contributed by atoms with van der Waals surface area (Å²) in [7, 11) is 0. The third-order valence-corrected chi connectivity index (χ3v) is 3.98. The van der Waals surface area contributed by atoms with E-state index in [0.717, 1.165) is 16.9 Å². The van der Waals surface area contributed by atoms with Crippen molar-refractivity contribution in [3.05, 3.63) is 78.1 Å². The van der Waals surface area contributed by atoms with Crippen LogP contribution in [0.3, 0.4) is 0 Å². The van der Waals surface area contributed by atoms with Crippen LogP contribution in [0, 0.1) is 11.3 Å². The van der Waals surface area contributed by atoms with E-state index in [4.69, 9.17) is 5.26 Å². The molecular formula is C20H19N5O. The van der Waals surface area contributed by atoms with E-state index in [-0.39, 0.29) is 18.5 Å². The second kappa shape index (κ2) is 7.99. The number of nitriles is 1. The number of anilines is 1. The number of amides is 1. The quantitative estimate of drug-likeness (QED) is 0.719. The Balaban J connectivity index is 1.57. The highest BCUT2D eigenvalue weighted by Gasteiger charge is 2.10. The summed E-state index contributed by atoms with van der Waals surface area (Å²) in [5.41, 5.74) is 3.34. The average Bonchev–Trinajstić information content (AvgIpc) is 3.22. The van der Waals surface area contributed by atoms with E-state index in [1.807, 2.05) is 43.5 Å². The van der Waals surface area contributed by atoms with Gasteiger partial charge in [0.1, 0.15) is 0 Å². The first-order valence-electron chi connectivity index (χ1n) is 8.29. The van der Waals surface area contributed by atoms with Crippen molar-refractivity contribution in [2.24, 2.45) is 0 Å². The van der Waals surface area contributed by atoms with Crippen LogP contribution in [-0.2, 0) is 4.79 Å². The molecule has 2 aromatic carbocycles. The third kappa shape index (κ3) is 4.28. The molecule has 1 atom stereocenters. The van der Waals surface area contributed by atoms with Crippen LogP contribution >= 0.6 is 0 Å². The zero-order valence-electron chi connectivity index (χ0n) is 14.4. The van der Waals surface area contributed by atoms with Gasteiger partial charge in [0.05, 0.1) is 29.9 Å². The molecule has 0 saturated carbocycles. The minimum Gasteiger partial charge on any atom is -0.376 e. The second-order valence-corrected chi connectivity index (χ2v) is 5.88. The summed E-state index contributed by atoms with van der Waals surface area (Å²) in [6, 6.07) is 18.7. The number of carbonyl (C=O) groups excluding carboxylic acids is 1. The molecule has 0 fully saturated rings. The molecule has 0 bridgehead atoms. The monoisotopic (exact) mass is 345 g/mol. The summed E-state index contributed by atoms with van der Waals surface area (Å²) in [6.45, 7) is 2.11. The minimum absolute atomic E-state index is 0.105. The SMILES string of the molecule is C[C@@H](NC(=O)CNc1ccc(C#N)cc1)c1cccc(-n2cccn2)c1. The predicted octanol–water partition coefficient (Wildman–Crippen LogP) is 3.03. The van der Waals surface area contributed by atoms with Crippen molar-refractivity contribution in [1.82, 2.24) is 15.1 Å². The molecule has 3 rings (SSSR count). The van der Waals surface area contributed by atoms with Gasteiger partial charge in [-0.3, -0.25) is 4.79 Å². The van der Waals surface area contributed by atoms with Gasteiger partial charge in [-0.1, -0.05) is 12.1 Å². The molecule has 0 saturated heterocycles. The Morgan fingerprint density at radius 1 is 1.23 bits per heavy atom. The molecule has 6 nitrogen and oxygen atoms in total. The van der Waals surface area contributed by atoms with Gasteiger partial charge in [0.2, 0.25) is 5.91 Å². The number of aromatic nitrogens is 2. The van der Waals surface area contributed by atoms with E-state index in [9.17, 15) is 4.79 Å². The number of rotatable bonds is 6. The molecule has 1 heterocycles.